The van der Waals surface area contributed by atoms with Crippen LogP contribution in [0.15, 0.2) is 90.5 Å². The Morgan fingerprint density at radius 3 is 1.61 bits per heavy atom. The molecule has 36 heavy (non-hydrogen) atoms. The summed E-state index contributed by atoms with van der Waals surface area (Å²) < 4.78 is 10.8. The quantitative estimate of drug-likeness (QED) is 0.363. The molecule has 0 aromatic heterocycles. The molecule has 3 aromatic carbocycles. The van der Waals surface area contributed by atoms with Crippen molar-refractivity contribution in [3.05, 3.63) is 107 Å². The van der Waals surface area contributed by atoms with Gasteiger partial charge < -0.3 is 9.47 Å². The molecule has 1 saturated carbocycles. The Balaban J connectivity index is 1.48. The van der Waals surface area contributed by atoms with E-state index in [9.17, 15) is 9.59 Å². The van der Waals surface area contributed by atoms with E-state index >= 15 is 0 Å². The number of carbonyl (C=O) groups excluding carboxylic acids is 2. The summed E-state index contributed by atoms with van der Waals surface area (Å²) in [5.41, 5.74) is 5.89. The molecule has 0 radical (unpaired) electrons. The van der Waals surface area contributed by atoms with Crippen LogP contribution in [0.2, 0.25) is 0 Å². The number of rotatable bonds is 5. The molecule has 1 aliphatic heterocycles. The first-order valence-electron chi connectivity index (χ1n) is 12.2. The third-order valence-corrected chi connectivity index (χ3v) is 7.82. The van der Waals surface area contributed by atoms with E-state index in [1.807, 2.05) is 79.7 Å². The van der Waals surface area contributed by atoms with E-state index in [1.165, 1.54) is 4.90 Å². The summed E-state index contributed by atoms with van der Waals surface area (Å²) in [6.45, 7) is 1.94. The number of methoxy groups -OCH3 is 2. The highest BCUT2D eigenvalue weighted by Crippen LogP contribution is 2.59. The molecule has 6 rings (SSSR count). The highest BCUT2D eigenvalue weighted by atomic mass is 16.5. The molecular formula is C31H27NO4. The Labute approximate surface area is 210 Å². The number of benzene rings is 3. The van der Waals surface area contributed by atoms with Gasteiger partial charge in [-0.2, -0.15) is 0 Å². The molecule has 5 heteroatoms. The maximum Gasteiger partial charge on any atom is 0.238 e. The second-order valence-corrected chi connectivity index (χ2v) is 9.57. The zero-order valence-corrected chi connectivity index (χ0v) is 20.5. The van der Waals surface area contributed by atoms with Crippen LogP contribution in [0, 0.1) is 30.6 Å². The lowest BCUT2D eigenvalue weighted by Gasteiger charge is -2.22. The molecular weight excluding hydrogens is 450 g/mol. The van der Waals surface area contributed by atoms with E-state index in [2.05, 4.69) is 12.2 Å². The maximum atomic E-state index is 13.8. The number of hydrogen-bond donors (Lipinski definition) is 0. The van der Waals surface area contributed by atoms with Crippen molar-refractivity contribution in [3.8, 4) is 11.5 Å². The fourth-order valence-electron chi connectivity index (χ4n) is 6.16. The van der Waals surface area contributed by atoms with Gasteiger partial charge >= 0.3 is 0 Å². The van der Waals surface area contributed by atoms with Gasteiger partial charge in [-0.3, -0.25) is 9.59 Å². The van der Waals surface area contributed by atoms with Crippen molar-refractivity contribution in [3.63, 3.8) is 0 Å². The number of allylic oxidation sites excluding steroid dienone is 3. The number of imide groups is 1. The van der Waals surface area contributed by atoms with Crippen LogP contribution in [0.25, 0.3) is 5.57 Å². The van der Waals surface area contributed by atoms with Gasteiger partial charge in [-0.25, -0.2) is 4.90 Å². The minimum Gasteiger partial charge on any atom is -0.497 e. The van der Waals surface area contributed by atoms with Gasteiger partial charge in [0.25, 0.3) is 0 Å². The lowest BCUT2D eigenvalue weighted by molar-refractivity contribution is -0.122. The molecule has 0 N–H and O–H groups in total. The summed E-state index contributed by atoms with van der Waals surface area (Å²) in [6, 6.07) is 23.6. The van der Waals surface area contributed by atoms with Gasteiger partial charge in [-0.1, -0.05) is 54.6 Å². The molecule has 2 amide bonds. The summed E-state index contributed by atoms with van der Waals surface area (Å²) >= 11 is 0. The zero-order chi connectivity index (χ0) is 25.0. The van der Waals surface area contributed by atoms with Crippen LogP contribution in [-0.2, 0) is 9.59 Å². The Bertz CT molecular complexity index is 1330. The van der Waals surface area contributed by atoms with Gasteiger partial charge in [0.2, 0.25) is 11.8 Å². The third-order valence-electron chi connectivity index (χ3n) is 7.82. The number of carbonyl (C=O) groups is 2. The van der Waals surface area contributed by atoms with E-state index in [-0.39, 0.29) is 35.5 Å². The van der Waals surface area contributed by atoms with Crippen molar-refractivity contribution in [2.45, 2.75) is 6.92 Å². The van der Waals surface area contributed by atoms with Crippen LogP contribution >= 0.6 is 0 Å². The lowest BCUT2D eigenvalue weighted by atomic mass is 9.85. The molecule has 4 atom stereocenters. The smallest absolute Gasteiger partial charge is 0.238 e. The average Bonchev–Trinajstić information content (AvgIpc) is 3.54. The Morgan fingerprint density at radius 2 is 1.17 bits per heavy atom. The van der Waals surface area contributed by atoms with Crippen molar-refractivity contribution < 1.29 is 19.1 Å². The molecule has 2 bridgehead atoms. The SMILES string of the molecule is COc1ccc(C(=C2[C@H]3C=C[C@H]2[C@H]2C(=O)N(c4ccccc4C)C(=O)[C@@H]23)c2ccc(OC)cc2)cc1. The maximum absolute atomic E-state index is 13.8. The Kier molecular flexibility index (Phi) is 5.29. The summed E-state index contributed by atoms with van der Waals surface area (Å²) in [7, 11) is 3.30. The third kappa shape index (κ3) is 3.23. The fourth-order valence-corrected chi connectivity index (χ4v) is 6.16. The number of ether oxygens (including phenoxy) is 2. The molecule has 2 fully saturated rings. The van der Waals surface area contributed by atoms with Crippen molar-refractivity contribution in [2.24, 2.45) is 23.7 Å². The first-order valence-corrected chi connectivity index (χ1v) is 12.2. The summed E-state index contributed by atoms with van der Waals surface area (Å²) in [5, 5.41) is 0. The molecule has 180 valence electrons. The molecule has 5 nitrogen and oxygen atoms in total. The molecule has 2 aliphatic carbocycles. The molecule has 0 unspecified atom stereocenters. The predicted octanol–water partition coefficient (Wildman–Crippen LogP) is 5.44. The second-order valence-electron chi connectivity index (χ2n) is 9.57. The molecule has 0 spiro atoms. The predicted molar refractivity (Wildman–Crippen MR) is 139 cm³/mol. The highest BCUT2D eigenvalue weighted by molar-refractivity contribution is 6.23. The van der Waals surface area contributed by atoms with Gasteiger partial charge in [-0.05, 0) is 65.1 Å². The van der Waals surface area contributed by atoms with Gasteiger partial charge in [0, 0.05) is 11.8 Å². The number of para-hydroxylation sites is 1. The van der Waals surface area contributed by atoms with E-state index in [4.69, 9.17) is 9.47 Å². The summed E-state index contributed by atoms with van der Waals surface area (Å²) in [5.74, 6) is 0.356. The van der Waals surface area contributed by atoms with Gasteiger partial charge in [0.15, 0.2) is 0 Å². The number of anilines is 1. The topological polar surface area (TPSA) is 55.8 Å². The van der Waals surface area contributed by atoms with Crippen LogP contribution in [0.1, 0.15) is 16.7 Å². The minimum atomic E-state index is -0.381. The summed E-state index contributed by atoms with van der Waals surface area (Å²) in [4.78, 5) is 29.0. The van der Waals surface area contributed by atoms with Crippen molar-refractivity contribution in [1.82, 2.24) is 0 Å². The highest BCUT2D eigenvalue weighted by Gasteiger charge is 2.62. The summed E-state index contributed by atoms with van der Waals surface area (Å²) in [6.07, 6.45) is 4.25. The number of fused-ring (bicyclic) bond motifs is 5. The van der Waals surface area contributed by atoms with E-state index < -0.39 is 0 Å². The number of hydrogen-bond acceptors (Lipinski definition) is 4. The van der Waals surface area contributed by atoms with Crippen LogP contribution in [0.5, 0.6) is 11.5 Å². The van der Waals surface area contributed by atoms with Crippen LogP contribution in [-0.4, -0.2) is 26.0 Å². The first-order chi connectivity index (χ1) is 17.5. The lowest BCUT2D eigenvalue weighted by Crippen LogP contribution is -2.33. The molecule has 1 heterocycles. The van der Waals surface area contributed by atoms with Crippen LogP contribution in [0.3, 0.4) is 0 Å². The Morgan fingerprint density at radius 1 is 0.694 bits per heavy atom. The van der Waals surface area contributed by atoms with Gasteiger partial charge in [-0.15, -0.1) is 0 Å². The fraction of sp³-hybridized carbons (Fsp3) is 0.226. The van der Waals surface area contributed by atoms with E-state index in [0.29, 0.717) is 5.69 Å². The molecule has 3 aliphatic rings. The average molecular weight is 478 g/mol. The van der Waals surface area contributed by atoms with Gasteiger partial charge in [0.1, 0.15) is 11.5 Å². The number of nitrogens with zero attached hydrogens (tertiary/aromatic N) is 1. The van der Waals surface area contributed by atoms with E-state index in [0.717, 1.165) is 39.3 Å². The molecule has 1 saturated heterocycles. The number of amides is 2. The monoisotopic (exact) mass is 477 g/mol. The normalized spacial score (nSPS) is 23.9. The molecule has 3 aromatic rings. The van der Waals surface area contributed by atoms with Crippen molar-refractivity contribution in [2.75, 3.05) is 19.1 Å². The number of aryl methyl sites for hydroxylation is 1. The van der Waals surface area contributed by atoms with Crippen molar-refractivity contribution >= 4 is 23.1 Å². The van der Waals surface area contributed by atoms with E-state index in [1.54, 1.807) is 14.2 Å². The van der Waals surface area contributed by atoms with Gasteiger partial charge in [0.05, 0.1) is 31.7 Å². The first kappa shape index (κ1) is 22.4. The standard InChI is InChI=1S/C31H27NO4/c1-18-6-4-5-7-25(18)32-30(33)28-23-16-17-24(29(28)31(32)34)27(23)26(19-8-12-21(35-2)13-9-19)20-10-14-22(36-3)15-11-20/h4-17,23-24,28-29H,1-3H3/t23-,24-,28-,29-/m1/s1. The van der Waals surface area contributed by atoms with Crippen molar-refractivity contribution in [1.29, 1.82) is 0 Å². The minimum absolute atomic E-state index is 0.0996. The van der Waals surface area contributed by atoms with Crippen LogP contribution in [0.4, 0.5) is 5.69 Å². The second kappa shape index (κ2) is 8.52. The largest absolute Gasteiger partial charge is 0.497 e. The van der Waals surface area contributed by atoms with Crippen LogP contribution < -0.4 is 14.4 Å². The zero-order valence-electron chi connectivity index (χ0n) is 20.5. The Hall–Kier alpha value is -4.12.